The number of ether oxygens (including phenoxy) is 1. The van der Waals surface area contributed by atoms with Crippen LogP contribution in [0.1, 0.15) is 73.1 Å². The van der Waals surface area contributed by atoms with Gasteiger partial charge in [-0.25, -0.2) is 9.78 Å². The minimum atomic E-state index is -0.754. The van der Waals surface area contributed by atoms with Crippen LogP contribution in [0.3, 0.4) is 0 Å². The minimum absolute atomic E-state index is 0.00440. The van der Waals surface area contributed by atoms with Crippen LogP contribution >= 0.6 is 0 Å². The molecule has 0 spiro atoms. The Morgan fingerprint density at radius 1 is 1.32 bits per heavy atom. The topological polar surface area (TPSA) is 65.0 Å². The zero-order valence-electron chi connectivity index (χ0n) is 16.6. The van der Waals surface area contributed by atoms with E-state index in [4.69, 9.17) is 14.5 Å². The third-order valence-electron chi connectivity index (χ3n) is 5.97. The average Bonchev–Trinajstić information content (AvgIpc) is 2.52. The molecule has 0 bridgehead atoms. The molecule has 0 unspecified atom stereocenters. The molecule has 5 heteroatoms. The Morgan fingerprint density at radius 2 is 2.00 bits per heavy atom. The first-order valence-corrected chi connectivity index (χ1v) is 9.37. The molecule has 5 nitrogen and oxygen atoms in total. The zero-order valence-corrected chi connectivity index (χ0v) is 16.6. The second-order valence-corrected chi connectivity index (χ2v) is 8.85. The van der Waals surface area contributed by atoms with Gasteiger partial charge >= 0.3 is 5.97 Å². The molecular weight excluding hydrogens is 320 g/mol. The predicted molar refractivity (Wildman–Crippen MR) is 95.7 cm³/mol. The van der Waals surface area contributed by atoms with Gasteiger partial charge in [-0.15, -0.1) is 0 Å². The number of aliphatic hydroxyl groups is 1. The summed E-state index contributed by atoms with van der Waals surface area (Å²) in [5.41, 5.74) is -0.102. The number of hydrogen-bond acceptors (Lipinski definition) is 5. The van der Waals surface area contributed by atoms with Crippen LogP contribution < -0.4 is 0 Å². The molecule has 0 radical (unpaired) electrons. The van der Waals surface area contributed by atoms with Crippen LogP contribution in [0.5, 0.6) is 0 Å². The molecule has 1 N–H and O–H groups in total. The van der Waals surface area contributed by atoms with Gasteiger partial charge < -0.3 is 9.84 Å². The lowest BCUT2D eigenvalue weighted by Crippen LogP contribution is -2.42. The highest BCUT2D eigenvalue weighted by atomic mass is 17.2. The molecule has 1 saturated heterocycles. The Kier molecular flexibility index (Phi) is 6.02. The maximum absolute atomic E-state index is 11.7. The third kappa shape index (κ3) is 4.63. The van der Waals surface area contributed by atoms with E-state index in [0.29, 0.717) is 6.42 Å². The summed E-state index contributed by atoms with van der Waals surface area (Å²) in [5.74, 6) is -0.620. The minimum Gasteiger partial charge on any atom is -0.469 e. The molecule has 2 aliphatic rings. The summed E-state index contributed by atoms with van der Waals surface area (Å²) in [7, 11) is 1.39. The number of rotatable bonds is 4. The summed E-state index contributed by atoms with van der Waals surface area (Å²) in [4.78, 5) is 22.9. The van der Waals surface area contributed by atoms with Crippen LogP contribution in [-0.4, -0.2) is 35.5 Å². The van der Waals surface area contributed by atoms with Gasteiger partial charge in [0.25, 0.3) is 0 Å². The van der Waals surface area contributed by atoms with Crippen LogP contribution in [0.2, 0.25) is 0 Å². The molecule has 0 aromatic heterocycles. The first-order chi connectivity index (χ1) is 11.5. The van der Waals surface area contributed by atoms with E-state index >= 15 is 0 Å². The summed E-state index contributed by atoms with van der Waals surface area (Å²) in [6, 6.07) is 0. The van der Waals surface area contributed by atoms with Crippen LogP contribution in [0.4, 0.5) is 0 Å². The van der Waals surface area contributed by atoms with Crippen LogP contribution in [0.25, 0.3) is 0 Å². The fourth-order valence-electron chi connectivity index (χ4n) is 4.21. The molecule has 0 amide bonds. The van der Waals surface area contributed by atoms with Crippen molar-refractivity contribution in [2.24, 2.45) is 11.3 Å². The summed E-state index contributed by atoms with van der Waals surface area (Å²) in [6.45, 7) is 10.1. The molecule has 2 rings (SSSR count). The second-order valence-electron chi connectivity index (χ2n) is 8.85. The second kappa shape index (κ2) is 7.37. The summed E-state index contributed by atoms with van der Waals surface area (Å²) >= 11 is 0. The Bertz CT molecular complexity index is 494. The molecule has 1 saturated carbocycles. The fraction of sp³-hybridized carbons (Fsp3) is 0.850. The smallest absolute Gasteiger partial charge is 0.311 e. The van der Waals surface area contributed by atoms with Crippen LogP contribution in [0, 0.1) is 11.3 Å². The quantitative estimate of drug-likeness (QED) is 0.470. The van der Waals surface area contributed by atoms with E-state index in [1.807, 2.05) is 13.8 Å². The summed E-state index contributed by atoms with van der Waals surface area (Å²) < 4.78 is 4.78. The van der Waals surface area contributed by atoms with Crippen LogP contribution in [0.15, 0.2) is 11.6 Å². The Balaban J connectivity index is 2.02. The van der Waals surface area contributed by atoms with Gasteiger partial charge in [0.05, 0.1) is 18.6 Å². The summed E-state index contributed by atoms with van der Waals surface area (Å²) in [6.07, 6.45) is 7.02. The van der Waals surface area contributed by atoms with Gasteiger partial charge in [0.15, 0.2) is 0 Å². The van der Waals surface area contributed by atoms with Crippen molar-refractivity contribution in [3.05, 3.63) is 11.6 Å². The highest BCUT2D eigenvalue weighted by Crippen LogP contribution is 2.46. The Hall–Kier alpha value is -0.910. The predicted octanol–water partition coefficient (Wildman–Crippen LogP) is 3.94. The maximum atomic E-state index is 11.7. The van der Waals surface area contributed by atoms with Gasteiger partial charge in [-0.1, -0.05) is 19.9 Å². The number of carbonyl (C=O) groups excluding carboxylic acids is 1. The van der Waals surface area contributed by atoms with E-state index < -0.39 is 11.2 Å². The van der Waals surface area contributed by atoms with E-state index in [2.05, 4.69) is 19.9 Å². The van der Waals surface area contributed by atoms with E-state index in [0.717, 1.165) is 37.7 Å². The maximum Gasteiger partial charge on any atom is 0.311 e. The number of carbonyl (C=O) groups is 1. The Labute approximate surface area is 151 Å². The van der Waals surface area contributed by atoms with Crippen LogP contribution in [-0.2, 0) is 19.3 Å². The number of methoxy groups -OCH3 is 1. The van der Waals surface area contributed by atoms with Gasteiger partial charge in [0.2, 0.25) is 0 Å². The van der Waals surface area contributed by atoms with Crippen molar-refractivity contribution in [3.8, 4) is 0 Å². The monoisotopic (exact) mass is 354 g/mol. The molecule has 2 fully saturated rings. The lowest BCUT2D eigenvalue weighted by molar-refractivity contribution is -0.409. The first-order valence-electron chi connectivity index (χ1n) is 9.37. The lowest BCUT2D eigenvalue weighted by Gasteiger charge is -2.44. The van der Waals surface area contributed by atoms with E-state index in [1.54, 1.807) is 6.92 Å². The van der Waals surface area contributed by atoms with Crippen molar-refractivity contribution >= 4 is 5.97 Å². The Morgan fingerprint density at radius 3 is 2.52 bits per heavy atom. The molecule has 4 atom stereocenters. The molecule has 1 aliphatic heterocycles. The zero-order chi connectivity index (χ0) is 18.9. The number of esters is 1. The molecular formula is C20H34O5. The number of hydrogen-bond donors (Lipinski definition) is 1. The van der Waals surface area contributed by atoms with Gasteiger partial charge in [-0.2, -0.15) is 0 Å². The van der Waals surface area contributed by atoms with Crippen molar-refractivity contribution in [2.75, 3.05) is 7.11 Å². The molecule has 0 aromatic rings. The summed E-state index contributed by atoms with van der Waals surface area (Å²) in [5, 5.41) is 10.8. The fourth-order valence-corrected chi connectivity index (χ4v) is 4.21. The van der Waals surface area contributed by atoms with E-state index in [1.165, 1.54) is 7.11 Å². The van der Waals surface area contributed by atoms with E-state index in [-0.39, 0.29) is 23.4 Å². The van der Waals surface area contributed by atoms with E-state index in [9.17, 15) is 9.90 Å². The van der Waals surface area contributed by atoms with Crippen molar-refractivity contribution in [1.82, 2.24) is 0 Å². The van der Waals surface area contributed by atoms with Crippen molar-refractivity contribution in [3.63, 3.8) is 0 Å². The highest BCUT2D eigenvalue weighted by Gasteiger charge is 2.42. The molecule has 144 valence electrons. The van der Waals surface area contributed by atoms with Gasteiger partial charge in [0.1, 0.15) is 11.7 Å². The van der Waals surface area contributed by atoms with Gasteiger partial charge in [-0.05, 0) is 70.3 Å². The SMILES string of the molecule is COC(=O)[C@H](C)[C@H]1CC[C@@](C)(C/C=C2/C(C)(C)CCC[C@]2(C)O)OO1. The van der Waals surface area contributed by atoms with Crippen molar-refractivity contribution in [2.45, 2.75) is 90.4 Å². The lowest BCUT2D eigenvalue weighted by atomic mass is 9.65. The van der Waals surface area contributed by atoms with Gasteiger partial charge in [0, 0.05) is 0 Å². The van der Waals surface area contributed by atoms with Crippen molar-refractivity contribution in [1.29, 1.82) is 0 Å². The molecule has 0 aromatic carbocycles. The average molecular weight is 354 g/mol. The standard InChI is InChI=1S/C20H34O5/c1-14(17(21)23-6)15-8-12-19(4,25-24-15)13-9-16-18(2,3)10-7-11-20(16,5)22/h9,14-15,22H,7-8,10-13H2,1-6H3/b16-9-/t14-,15-,19+,20+/m1/s1. The van der Waals surface area contributed by atoms with Gasteiger partial charge in [-0.3, -0.25) is 4.79 Å². The first kappa shape index (κ1) is 20.4. The normalized spacial score (nSPS) is 38.4. The molecule has 1 heterocycles. The molecule has 1 aliphatic carbocycles. The largest absolute Gasteiger partial charge is 0.469 e. The molecule has 25 heavy (non-hydrogen) atoms. The van der Waals surface area contributed by atoms with Crippen molar-refractivity contribution < 1.29 is 24.4 Å². The highest BCUT2D eigenvalue weighted by molar-refractivity contribution is 5.72. The third-order valence-corrected chi connectivity index (χ3v) is 5.97.